The van der Waals surface area contributed by atoms with Crippen molar-refractivity contribution in [3.63, 3.8) is 0 Å². The Kier molecular flexibility index (Phi) is 3.26. The molecule has 0 spiro atoms. The number of non-ortho nitro benzene ring substituents is 1. The molecule has 7 heteroatoms. The van der Waals surface area contributed by atoms with Gasteiger partial charge in [-0.1, -0.05) is 11.8 Å². The lowest BCUT2D eigenvalue weighted by Crippen LogP contribution is -1.88. The van der Waals surface area contributed by atoms with Crippen molar-refractivity contribution < 1.29 is 4.92 Å². The lowest BCUT2D eigenvalue weighted by atomic mass is 10.3. The van der Waals surface area contributed by atoms with E-state index in [1.807, 2.05) is 0 Å². The number of hydrogen-bond acceptors (Lipinski definition) is 6. The minimum Gasteiger partial charge on any atom is -0.258 e. The number of benzene rings is 1. The van der Waals surface area contributed by atoms with Gasteiger partial charge in [0.2, 0.25) is 0 Å². The normalized spacial score (nSPS) is 12.2. The van der Waals surface area contributed by atoms with Crippen LogP contribution in [0.25, 0.3) is 10.2 Å². The van der Waals surface area contributed by atoms with Crippen molar-refractivity contribution in [2.75, 3.05) is 0 Å². The quantitative estimate of drug-likeness (QED) is 0.483. The maximum absolute atomic E-state index is 10.6. The molecule has 2 aromatic rings. The van der Waals surface area contributed by atoms with E-state index >= 15 is 0 Å². The Bertz CT molecular complexity index is 618. The van der Waals surface area contributed by atoms with Gasteiger partial charge in [-0.3, -0.25) is 10.1 Å². The number of nitro benzene ring substituents is 1. The van der Waals surface area contributed by atoms with Crippen LogP contribution in [0.3, 0.4) is 0 Å². The number of thioether (sulfide) groups is 1. The number of nitro groups is 1. The lowest BCUT2D eigenvalue weighted by Gasteiger charge is -1.94. The fourth-order valence-electron chi connectivity index (χ4n) is 1.23. The van der Waals surface area contributed by atoms with E-state index < -0.39 is 4.92 Å². The third kappa shape index (κ3) is 2.54. The van der Waals surface area contributed by atoms with Crippen molar-refractivity contribution in [2.45, 2.75) is 16.5 Å². The summed E-state index contributed by atoms with van der Waals surface area (Å²) in [4.78, 5) is 14.5. The van der Waals surface area contributed by atoms with Gasteiger partial charge in [0.05, 0.1) is 26.5 Å². The highest BCUT2D eigenvalue weighted by atomic mass is 32.2. The van der Waals surface area contributed by atoms with Crippen molar-refractivity contribution >= 4 is 39.0 Å². The van der Waals surface area contributed by atoms with Gasteiger partial charge in [-0.05, 0) is 13.0 Å². The van der Waals surface area contributed by atoms with Gasteiger partial charge in [0, 0.05) is 12.1 Å². The van der Waals surface area contributed by atoms with E-state index in [9.17, 15) is 10.1 Å². The number of hydrogen-bond donors (Lipinski definition) is 0. The fraction of sp³-hybridized carbons (Fsp3) is 0.200. The van der Waals surface area contributed by atoms with E-state index in [1.54, 1.807) is 13.0 Å². The fourth-order valence-corrected chi connectivity index (χ4v) is 3.36. The summed E-state index contributed by atoms with van der Waals surface area (Å²) in [6.07, 6.45) is 0. The third-order valence-corrected chi connectivity index (χ3v) is 4.13. The summed E-state index contributed by atoms with van der Waals surface area (Å²) in [5.41, 5.74) is 0.791. The second-order valence-electron chi connectivity index (χ2n) is 3.28. The molecular weight excluding hydrogens is 258 g/mol. The summed E-state index contributed by atoms with van der Waals surface area (Å²) in [5, 5.41) is 19.1. The molecule has 0 aliphatic rings. The van der Waals surface area contributed by atoms with Crippen molar-refractivity contribution in [1.82, 2.24) is 4.98 Å². The lowest BCUT2D eigenvalue weighted by molar-refractivity contribution is -0.384. The molecule has 17 heavy (non-hydrogen) atoms. The first-order valence-corrected chi connectivity index (χ1v) is 6.41. The molecule has 0 fully saturated rings. The van der Waals surface area contributed by atoms with Crippen molar-refractivity contribution in [1.29, 1.82) is 5.26 Å². The van der Waals surface area contributed by atoms with Crippen LogP contribution in [0.1, 0.15) is 6.92 Å². The Labute approximate surface area is 105 Å². The molecule has 0 radical (unpaired) electrons. The van der Waals surface area contributed by atoms with Crippen LogP contribution in [0, 0.1) is 21.4 Å². The molecule has 0 saturated carbocycles. The Balaban J connectivity index is 2.37. The summed E-state index contributed by atoms with van der Waals surface area (Å²) in [7, 11) is 0. The van der Waals surface area contributed by atoms with Gasteiger partial charge >= 0.3 is 0 Å². The molecular formula is C10H7N3O2S2. The molecule has 0 amide bonds. The highest BCUT2D eigenvalue weighted by molar-refractivity contribution is 8.01. The smallest absolute Gasteiger partial charge is 0.258 e. The minimum absolute atomic E-state index is 0.0611. The van der Waals surface area contributed by atoms with Crippen LogP contribution in [0.15, 0.2) is 22.5 Å². The van der Waals surface area contributed by atoms with Gasteiger partial charge in [0.1, 0.15) is 0 Å². The Morgan fingerprint density at radius 3 is 3.06 bits per heavy atom. The van der Waals surface area contributed by atoms with Crippen LogP contribution in [0.4, 0.5) is 5.69 Å². The summed E-state index contributed by atoms with van der Waals surface area (Å²) in [5.74, 6) is 0. The van der Waals surface area contributed by atoms with E-state index in [0.717, 1.165) is 14.6 Å². The van der Waals surface area contributed by atoms with Crippen molar-refractivity contribution in [3.05, 3.63) is 28.3 Å². The van der Waals surface area contributed by atoms with Gasteiger partial charge in [-0.2, -0.15) is 5.26 Å². The number of aromatic nitrogens is 1. The number of thiazole rings is 1. The predicted octanol–water partition coefficient (Wildman–Crippen LogP) is 3.21. The zero-order valence-electron chi connectivity index (χ0n) is 8.78. The minimum atomic E-state index is -0.427. The van der Waals surface area contributed by atoms with E-state index in [4.69, 9.17) is 5.26 Å². The van der Waals surface area contributed by atoms with Gasteiger partial charge < -0.3 is 0 Å². The van der Waals surface area contributed by atoms with Crippen LogP contribution >= 0.6 is 23.1 Å². The number of nitrogens with zero attached hydrogens (tertiary/aromatic N) is 3. The molecule has 5 nitrogen and oxygen atoms in total. The van der Waals surface area contributed by atoms with Crippen LogP contribution in [-0.4, -0.2) is 15.2 Å². The van der Waals surface area contributed by atoms with Gasteiger partial charge in [0.25, 0.3) is 5.69 Å². The van der Waals surface area contributed by atoms with Crippen LogP contribution in [-0.2, 0) is 0 Å². The van der Waals surface area contributed by atoms with Gasteiger partial charge in [-0.25, -0.2) is 4.98 Å². The third-order valence-electron chi connectivity index (χ3n) is 2.02. The average Bonchev–Trinajstić information content (AvgIpc) is 2.69. The zero-order valence-corrected chi connectivity index (χ0v) is 10.4. The van der Waals surface area contributed by atoms with Crippen LogP contribution in [0.5, 0.6) is 0 Å². The molecule has 0 aliphatic carbocycles. The molecule has 2 rings (SSSR count). The summed E-state index contributed by atoms with van der Waals surface area (Å²) >= 11 is 2.73. The highest BCUT2D eigenvalue weighted by Crippen LogP contribution is 2.33. The SMILES string of the molecule is C[C@H](C#N)Sc1nc2ccc([N+](=O)[O-])cc2s1. The molecule has 1 aromatic heterocycles. The monoisotopic (exact) mass is 265 g/mol. The van der Waals surface area contributed by atoms with E-state index in [2.05, 4.69) is 11.1 Å². The first-order chi connectivity index (χ1) is 8.10. The van der Waals surface area contributed by atoms with Crippen LogP contribution < -0.4 is 0 Å². The standard InChI is InChI=1S/C10H7N3O2S2/c1-6(5-11)16-10-12-8-3-2-7(13(14)15)4-9(8)17-10/h2-4,6H,1H3/t6-/m1/s1. The zero-order chi connectivity index (χ0) is 12.4. The number of rotatable bonds is 3. The molecule has 0 unspecified atom stereocenters. The molecule has 1 heterocycles. The second-order valence-corrected chi connectivity index (χ2v) is 5.90. The average molecular weight is 265 g/mol. The molecule has 86 valence electrons. The molecule has 1 aromatic carbocycles. The summed E-state index contributed by atoms with van der Waals surface area (Å²) < 4.78 is 1.53. The van der Waals surface area contributed by atoms with Gasteiger partial charge in [-0.15, -0.1) is 11.3 Å². The first-order valence-electron chi connectivity index (χ1n) is 4.71. The Morgan fingerprint density at radius 2 is 2.41 bits per heavy atom. The molecule has 0 aliphatic heterocycles. The molecule has 0 bridgehead atoms. The number of fused-ring (bicyclic) bond motifs is 1. The van der Waals surface area contributed by atoms with Crippen molar-refractivity contribution in [3.8, 4) is 6.07 Å². The largest absolute Gasteiger partial charge is 0.270 e. The maximum atomic E-state index is 10.6. The Hall–Kier alpha value is -1.65. The van der Waals surface area contributed by atoms with E-state index in [1.165, 1.54) is 35.2 Å². The second kappa shape index (κ2) is 4.69. The maximum Gasteiger partial charge on any atom is 0.270 e. The van der Waals surface area contributed by atoms with E-state index in [0.29, 0.717) is 0 Å². The predicted molar refractivity (Wildman–Crippen MR) is 67.2 cm³/mol. The van der Waals surface area contributed by atoms with E-state index in [-0.39, 0.29) is 10.9 Å². The summed E-state index contributed by atoms with van der Waals surface area (Å²) in [6, 6.07) is 6.68. The Morgan fingerprint density at radius 1 is 1.65 bits per heavy atom. The molecule has 1 atom stereocenters. The van der Waals surface area contributed by atoms with Gasteiger partial charge in [0.15, 0.2) is 4.34 Å². The number of nitriles is 1. The van der Waals surface area contributed by atoms with Crippen LogP contribution in [0.2, 0.25) is 0 Å². The molecule has 0 N–H and O–H groups in total. The topological polar surface area (TPSA) is 79.8 Å². The molecule has 0 saturated heterocycles. The van der Waals surface area contributed by atoms with Crippen molar-refractivity contribution in [2.24, 2.45) is 0 Å². The first kappa shape index (κ1) is 11.8. The summed E-state index contributed by atoms with van der Waals surface area (Å²) in [6.45, 7) is 1.79. The highest BCUT2D eigenvalue weighted by Gasteiger charge is 2.12.